The molecule has 0 heterocycles. The van der Waals surface area contributed by atoms with E-state index in [0.717, 1.165) is 31.2 Å². The molecule has 0 spiro atoms. The van der Waals surface area contributed by atoms with Crippen LogP contribution in [0, 0.1) is 12.8 Å². The predicted octanol–water partition coefficient (Wildman–Crippen LogP) is 7.02. The first-order valence-corrected chi connectivity index (χ1v) is 14.1. The summed E-state index contributed by atoms with van der Waals surface area (Å²) in [5, 5.41) is 5.86. The highest BCUT2D eigenvalue weighted by molar-refractivity contribution is 5.99. The first-order valence-electron chi connectivity index (χ1n) is 14.1. The number of hydrogen-bond donors (Lipinski definition) is 2. The zero-order chi connectivity index (χ0) is 29.0. The molecule has 0 aliphatic carbocycles. The fourth-order valence-corrected chi connectivity index (χ4v) is 4.44. The number of nitrogens with zero attached hydrogens (tertiary/aromatic N) is 1. The van der Waals surface area contributed by atoms with E-state index >= 15 is 0 Å². The van der Waals surface area contributed by atoms with Crippen LogP contribution in [0.25, 0.3) is 0 Å². The number of anilines is 1. The first kappa shape index (κ1) is 31.9. The summed E-state index contributed by atoms with van der Waals surface area (Å²) in [5.41, 5.74) is 1.65. The van der Waals surface area contributed by atoms with Crippen molar-refractivity contribution >= 4 is 23.6 Å². The lowest BCUT2D eigenvalue weighted by Crippen LogP contribution is -2.53. The molecule has 0 bridgehead atoms. The van der Waals surface area contributed by atoms with Crippen molar-refractivity contribution in [2.45, 2.75) is 98.3 Å². The lowest BCUT2D eigenvalue weighted by atomic mass is 9.98. The highest BCUT2D eigenvalue weighted by atomic mass is 16.6. The van der Waals surface area contributed by atoms with Crippen molar-refractivity contribution < 1.29 is 19.1 Å². The zero-order valence-electron chi connectivity index (χ0n) is 24.8. The number of carbonyl (C=O) groups excluding carboxylic acids is 3. The van der Waals surface area contributed by atoms with Crippen LogP contribution in [0.4, 0.5) is 10.5 Å². The molecule has 2 unspecified atom stereocenters. The van der Waals surface area contributed by atoms with Gasteiger partial charge in [0, 0.05) is 12.2 Å². The summed E-state index contributed by atoms with van der Waals surface area (Å²) < 4.78 is 5.48. The number of hydrogen-bond acceptors (Lipinski definition) is 4. The molecule has 2 atom stereocenters. The minimum Gasteiger partial charge on any atom is -0.444 e. The second-order valence-corrected chi connectivity index (χ2v) is 11.5. The SMILES string of the molecule is CCCCCCN(C(=O)C(CC(C)C)NC(=O)OC(C)(C)C)C(C(=O)Nc1ccccc1C)c1ccccc1. The molecule has 0 fully saturated rings. The Kier molecular flexibility index (Phi) is 12.5. The Labute approximate surface area is 234 Å². The van der Waals surface area contributed by atoms with E-state index in [1.807, 2.05) is 75.4 Å². The smallest absolute Gasteiger partial charge is 0.408 e. The fraction of sp³-hybridized carbons (Fsp3) is 0.531. The van der Waals surface area contributed by atoms with Gasteiger partial charge in [0.25, 0.3) is 5.91 Å². The molecule has 2 aromatic rings. The Hall–Kier alpha value is -3.35. The monoisotopic (exact) mass is 537 g/mol. The van der Waals surface area contributed by atoms with E-state index < -0.39 is 23.8 Å². The van der Waals surface area contributed by atoms with Crippen molar-refractivity contribution in [1.82, 2.24) is 10.2 Å². The second-order valence-electron chi connectivity index (χ2n) is 11.5. The minimum atomic E-state index is -0.866. The molecule has 2 aromatic carbocycles. The molecule has 0 radical (unpaired) electrons. The van der Waals surface area contributed by atoms with Crippen molar-refractivity contribution in [3.8, 4) is 0 Å². The topological polar surface area (TPSA) is 87.7 Å². The summed E-state index contributed by atoms with van der Waals surface area (Å²) in [6.07, 6.45) is 3.56. The number of unbranched alkanes of at least 4 members (excludes halogenated alkanes) is 3. The highest BCUT2D eigenvalue weighted by Crippen LogP contribution is 2.27. The van der Waals surface area contributed by atoms with Crippen molar-refractivity contribution in [2.75, 3.05) is 11.9 Å². The Morgan fingerprint density at radius 1 is 0.923 bits per heavy atom. The molecule has 2 N–H and O–H groups in total. The number of ether oxygens (including phenoxy) is 1. The van der Waals surface area contributed by atoms with Gasteiger partial charge in [-0.15, -0.1) is 0 Å². The van der Waals surface area contributed by atoms with Crippen LogP contribution in [-0.4, -0.2) is 41.0 Å². The van der Waals surface area contributed by atoms with Crippen molar-refractivity contribution in [2.24, 2.45) is 5.92 Å². The van der Waals surface area contributed by atoms with Gasteiger partial charge in [0.15, 0.2) is 0 Å². The van der Waals surface area contributed by atoms with Crippen LogP contribution in [0.2, 0.25) is 0 Å². The van der Waals surface area contributed by atoms with Crippen molar-refractivity contribution in [3.05, 3.63) is 65.7 Å². The molecule has 7 heteroatoms. The van der Waals surface area contributed by atoms with Gasteiger partial charge in [-0.1, -0.05) is 88.6 Å². The van der Waals surface area contributed by atoms with E-state index in [9.17, 15) is 14.4 Å². The second kappa shape index (κ2) is 15.3. The van der Waals surface area contributed by atoms with Crippen LogP contribution in [-0.2, 0) is 14.3 Å². The molecule has 2 rings (SSSR count). The Balaban J connectivity index is 2.49. The number of rotatable bonds is 13. The standard InChI is InChI=1S/C32H47N3O4/c1-8-9-10-16-21-35(30(37)27(22-23(2)3)34-31(38)39-32(5,6)7)28(25-18-12-11-13-19-25)29(36)33-26-20-15-14-17-24(26)4/h11-15,17-20,23,27-28H,8-10,16,21-22H2,1-7H3,(H,33,36)(H,34,38). The molecule has 3 amide bonds. The number of carbonyl (C=O) groups is 3. The van der Waals surface area contributed by atoms with Crippen molar-refractivity contribution in [1.29, 1.82) is 0 Å². The Morgan fingerprint density at radius 2 is 1.56 bits per heavy atom. The Morgan fingerprint density at radius 3 is 2.15 bits per heavy atom. The van der Waals surface area contributed by atoms with Gasteiger partial charge in [-0.2, -0.15) is 0 Å². The molecule has 0 saturated carbocycles. The molecule has 0 aliphatic heterocycles. The third kappa shape index (κ3) is 10.7. The third-order valence-corrected chi connectivity index (χ3v) is 6.31. The zero-order valence-corrected chi connectivity index (χ0v) is 24.8. The normalized spacial score (nSPS) is 12.9. The van der Waals surface area contributed by atoms with E-state index in [1.165, 1.54) is 0 Å². The molecular weight excluding hydrogens is 490 g/mol. The summed E-state index contributed by atoms with van der Waals surface area (Å²) in [6.45, 7) is 13.8. The quantitative estimate of drug-likeness (QED) is 0.269. The van der Waals surface area contributed by atoms with E-state index in [1.54, 1.807) is 25.7 Å². The summed E-state index contributed by atoms with van der Waals surface area (Å²) >= 11 is 0. The van der Waals surface area contributed by atoms with Crippen molar-refractivity contribution in [3.63, 3.8) is 0 Å². The van der Waals surface area contributed by atoms with Gasteiger partial charge >= 0.3 is 6.09 Å². The Bertz CT molecular complexity index is 1060. The lowest BCUT2D eigenvalue weighted by Gasteiger charge is -2.35. The number of benzene rings is 2. The van der Waals surface area contributed by atoms with E-state index in [2.05, 4.69) is 17.6 Å². The van der Waals surface area contributed by atoms with Gasteiger partial charge in [0.1, 0.15) is 17.7 Å². The van der Waals surface area contributed by atoms with Crippen LogP contribution in [0.5, 0.6) is 0 Å². The maximum atomic E-state index is 14.3. The fourth-order valence-electron chi connectivity index (χ4n) is 4.44. The van der Waals surface area contributed by atoms with Gasteiger partial charge in [0.05, 0.1) is 0 Å². The highest BCUT2D eigenvalue weighted by Gasteiger charge is 2.36. The van der Waals surface area contributed by atoms with E-state index in [-0.39, 0.29) is 17.7 Å². The summed E-state index contributed by atoms with van der Waals surface area (Å²) in [4.78, 5) is 42.6. The molecule has 0 saturated heterocycles. The molecule has 0 aliphatic rings. The maximum Gasteiger partial charge on any atom is 0.408 e. The molecular formula is C32H47N3O4. The van der Waals surface area contributed by atoms with Gasteiger partial charge in [0.2, 0.25) is 5.91 Å². The first-order chi connectivity index (χ1) is 18.4. The van der Waals surface area contributed by atoms with E-state index in [4.69, 9.17) is 4.74 Å². The lowest BCUT2D eigenvalue weighted by molar-refractivity contribution is -0.141. The van der Waals surface area contributed by atoms with Gasteiger partial charge in [-0.05, 0) is 63.6 Å². The van der Waals surface area contributed by atoms with Crippen LogP contribution in [0.1, 0.15) is 90.8 Å². The summed E-state index contributed by atoms with van der Waals surface area (Å²) in [5.74, 6) is -0.452. The number of para-hydroxylation sites is 1. The minimum absolute atomic E-state index is 0.131. The molecule has 214 valence electrons. The largest absolute Gasteiger partial charge is 0.444 e. The van der Waals surface area contributed by atoms with Crippen LogP contribution >= 0.6 is 0 Å². The molecule has 39 heavy (non-hydrogen) atoms. The number of amides is 3. The predicted molar refractivity (Wildman–Crippen MR) is 157 cm³/mol. The molecule has 0 aromatic heterocycles. The van der Waals surface area contributed by atoms with Crippen LogP contribution in [0.15, 0.2) is 54.6 Å². The number of alkyl carbamates (subject to hydrolysis) is 1. The average molecular weight is 538 g/mol. The van der Waals surface area contributed by atoms with Gasteiger partial charge in [-0.3, -0.25) is 9.59 Å². The number of aryl methyl sites for hydroxylation is 1. The average Bonchev–Trinajstić information content (AvgIpc) is 2.85. The summed E-state index contributed by atoms with van der Waals surface area (Å²) in [7, 11) is 0. The van der Waals surface area contributed by atoms with Crippen LogP contribution in [0.3, 0.4) is 0 Å². The maximum absolute atomic E-state index is 14.3. The van der Waals surface area contributed by atoms with Gasteiger partial charge in [-0.25, -0.2) is 4.79 Å². The third-order valence-electron chi connectivity index (χ3n) is 6.31. The van der Waals surface area contributed by atoms with Crippen LogP contribution < -0.4 is 10.6 Å². The molecule has 7 nitrogen and oxygen atoms in total. The number of nitrogens with one attached hydrogen (secondary N) is 2. The van der Waals surface area contributed by atoms with Gasteiger partial charge < -0.3 is 20.3 Å². The van der Waals surface area contributed by atoms with E-state index in [0.29, 0.717) is 24.2 Å². The summed E-state index contributed by atoms with van der Waals surface area (Å²) in [6, 6.07) is 15.2.